The van der Waals surface area contributed by atoms with Gasteiger partial charge in [-0.1, -0.05) is 30.3 Å². The summed E-state index contributed by atoms with van der Waals surface area (Å²) < 4.78 is 5.17. The summed E-state index contributed by atoms with van der Waals surface area (Å²) >= 11 is 0. The summed E-state index contributed by atoms with van der Waals surface area (Å²) in [5, 5.41) is 0. The van der Waals surface area contributed by atoms with Crippen LogP contribution >= 0.6 is 0 Å². The fraction of sp³-hybridized carbons (Fsp3) is 0.364. The lowest BCUT2D eigenvalue weighted by molar-refractivity contribution is -0.128. The summed E-state index contributed by atoms with van der Waals surface area (Å²) in [5.41, 5.74) is 2.03. The Labute approximate surface area is 160 Å². The topological polar surface area (TPSA) is 49.9 Å². The summed E-state index contributed by atoms with van der Waals surface area (Å²) in [7, 11) is 1.64. The largest absolute Gasteiger partial charge is 0.497 e. The van der Waals surface area contributed by atoms with Gasteiger partial charge in [-0.25, -0.2) is 0 Å². The highest BCUT2D eigenvalue weighted by Gasteiger charge is 2.36. The van der Waals surface area contributed by atoms with Crippen LogP contribution < -0.4 is 9.64 Å². The summed E-state index contributed by atoms with van der Waals surface area (Å²) in [5.74, 6) is 0.644. The highest BCUT2D eigenvalue weighted by Crippen LogP contribution is 2.24. The third-order valence-corrected chi connectivity index (χ3v) is 5.04. The number of nitrogens with zero attached hydrogens (tertiary/aromatic N) is 2. The van der Waals surface area contributed by atoms with E-state index in [1.807, 2.05) is 66.4 Å². The van der Waals surface area contributed by atoms with Crippen molar-refractivity contribution in [1.82, 2.24) is 4.90 Å². The van der Waals surface area contributed by atoms with E-state index >= 15 is 0 Å². The number of hydrogen-bond donors (Lipinski definition) is 0. The molecule has 1 aliphatic rings. The second-order valence-electron chi connectivity index (χ2n) is 6.76. The van der Waals surface area contributed by atoms with E-state index < -0.39 is 0 Å². The standard InChI is InChI=1S/C22H26N2O3/c1-3-24(19-7-5-4-6-8-19)22(26)18-15-21(25)23(16-18)14-13-17-9-11-20(27-2)12-10-17/h4-12,18H,3,13-16H2,1-2H3. The molecular formula is C22H26N2O3. The van der Waals surface area contributed by atoms with Crippen LogP contribution in [-0.4, -0.2) is 43.5 Å². The highest BCUT2D eigenvalue weighted by atomic mass is 16.5. The van der Waals surface area contributed by atoms with Crippen LogP contribution in [0.2, 0.25) is 0 Å². The predicted molar refractivity (Wildman–Crippen MR) is 106 cm³/mol. The number of benzene rings is 2. The quantitative estimate of drug-likeness (QED) is 0.756. The molecule has 1 unspecified atom stereocenters. The summed E-state index contributed by atoms with van der Waals surface area (Å²) in [6.45, 7) is 3.69. The number of methoxy groups -OCH3 is 1. The van der Waals surface area contributed by atoms with Crippen LogP contribution in [0.4, 0.5) is 5.69 Å². The minimum Gasteiger partial charge on any atom is -0.497 e. The molecule has 0 spiro atoms. The van der Waals surface area contributed by atoms with Crippen LogP contribution in [0.3, 0.4) is 0 Å². The first-order valence-corrected chi connectivity index (χ1v) is 9.39. The molecule has 2 aromatic rings. The van der Waals surface area contributed by atoms with Gasteiger partial charge in [-0.2, -0.15) is 0 Å². The number of amides is 2. The molecule has 0 saturated carbocycles. The van der Waals surface area contributed by atoms with Crippen LogP contribution in [0, 0.1) is 5.92 Å². The van der Waals surface area contributed by atoms with E-state index in [0.717, 1.165) is 23.4 Å². The molecule has 1 aliphatic heterocycles. The molecule has 142 valence electrons. The Hall–Kier alpha value is -2.82. The van der Waals surface area contributed by atoms with E-state index in [-0.39, 0.29) is 17.7 Å². The van der Waals surface area contributed by atoms with Gasteiger partial charge in [0.2, 0.25) is 11.8 Å². The van der Waals surface area contributed by atoms with E-state index in [2.05, 4.69) is 0 Å². The van der Waals surface area contributed by atoms with Crippen molar-refractivity contribution in [2.75, 3.05) is 31.6 Å². The Balaban J connectivity index is 1.59. The Morgan fingerprint density at radius 2 is 1.85 bits per heavy atom. The van der Waals surface area contributed by atoms with Gasteiger partial charge in [0.05, 0.1) is 13.0 Å². The molecule has 3 rings (SSSR count). The summed E-state index contributed by atoms with van der Waals surface area (Å²) in [6.07, 6.45) is 1.07. The number of carbonyl (C=O) groups is 2. The number of hydrogen-bond acceptors (Lipinski definition) is 3. The van der Waals surface area contributed by atoms with Gasteiger partial charge in [0, 0.05) is 31.7 Å². The monoisotopic (exact) mass is 366 g/mol. The average Bonchev–Trinajstić information content (AvgIpc) is 3.09. The lowest BCUT2D eigenvalue weighted by Gasteiger charge is -2.24. The first-order valence-electron chi connectivity index (χ1n) is 9.39. The maximum Gasteiger partial charge on any atom is 0.232 e. The van der Waals surface area contributed by atoms with E-state index in [9.17, 15) is 9.59 Å². The molecule has 27 heavy (non-hydrogen) atoms. The van der Waals surface area contributed by atoms with Gasteiger partial charge in [-0.3, -0.25) is 9.59 Å². The van der Waals surface area contributed by atoms with Gasteiger partial charge in [0.1, 0.15) is 5.75 Å². The SMILES string of the molecule is CCN(C(=O)C1CC(=O)N(CCc2ccc(OC)cc2)C1)c1ccccc1. The second-order valence-corrected chi connectivity index (χ2v) is 6.76. The highest BCUT2D eigenvalue weighted by molar-refractivity contribution is 5.99. The number of carbonyl (C=O) groups excluding carboxylic acids is 2. The first-order chi connectivity index (χ1) is 13.1. The number of rotatable bonds is 7. The number of anilines is 1. The molecule has 2 amide bonds. The minimum absolute atomic E-state index is 0.0315. The fourth-order valence-electron chi connectivity index (χ4n) is 3.50. The third kappa shape index (κ3) is 4.48. The van der Waals surface area contributed by atoms with E-state index in [0.29, 0.717) is 26.1 Å². The summed E-state index contributed by atoms with van der Waals surface area (Å²) in [6, 6.07) is 17.5. The minimum atomic E-state index is -0.270. The number of likely N-dealkylation sites (tertiary alicyclic amines) is 1. The molecule has 1 saturated heterocycles. The lowest BCUT2D eigenvalue weighted by Crippen LogP contribution is -2.37. The van der Waals surface area contributed by atoms with Crippen LogP contribution in [0.25, 0.3) is 0 Å². The van der Waals surface area contributed by atoms with Crippen molar-refractivity contribution in [3.8, 4) is 5.75 Å². The van der Waals surface area contributed by atoms with Crippen molar-refractivity contribution >= 4 is 17.5 Å². The molecule has 0 bridgehead atoms. The Bertz CT molecular complexity index is 774. The van der Waals surface area contributed by atoms with Crippen LogP contribution in [0.1, 0.15) is 18.9 Å². The molecule has 0 radical (unpaired) electrons. The Kier molecular flexibility index (Phi) is 6.12. The first kappa shape index (κ1) is 19.0. The average molecular weight is 366 g/mol. The van der Waals surface area contributed by atoms with Crippen molar-refractivity contribution in [2.24, 2.45) is 5.92 Å². The Morgan fingerprint density at radius 3 is 2.48 bits per heavy atom. The molecule has 0 aromatic heterocycles. The molecule has 1 fully saturated rings. The van der Waals surface area contributed by atoms with E-state index in [1.54, 1.807) is 12.0 Å². The Morgan fingerprint density at radius 1 is 1.15 bits per heavy atom. The van der Waals surface area contributed by atoms with Gasteiger partial charge in [-0.15, -0.1) is 0 Å². The van der Waals surface area contributed by atoms with Crippen LogP contribution in [-0.2, 0) is 16.0 Å². The van der Waals surface area contributed by atoms with Crippen LogP contribution in [0.15, 0.2) is 54.6 Å². The normalized spacial score (nSPS) is 16.4. The maximum absolute atomic E-state index is 12.9. The van der Waals surface area contributed by atoms with Crippen molar-refractivity contribution in [3.63, 3.8) is 0 Å². The second kappa shape index (κ2) is 8.71. The zero-order chi connectivity index (χ0) is 19.2. The van der Waals surface area contributed by atoms with E-state index in [1.165, 1.54) is 0 Å². The molecule has 5 heteroatoms. The zero-order valence-electron chi connectivity index (χ0n) is 15.9. The lowest BCUT2D eigenvalue weighted by atomic mass is 10.1. The molecular weight excluding hydrogens is 340 g/mol. The van der Waals surface area contributed by atoms with Gasteiger partial charge >= 0.3 is 0 Å². The summed E-state index contributed by atoms with van der Waals surface area (Å²) in [4.78, 5) is 28.9. The van der Waals surface area contributed by atoms with Gasteiger partial charge in [0.15, 0.2) is 0 Å². The van der Waals surface area contributed by atoms with Crippen LogP contribution in [0.5, 0.6) is 5.75 Å². The maximum atomic E-state index is 12.9. The van der Waals surface area contributed by atoms with Crippen molar-refractivity contribution < 1.29 is 14.3 Å². The number of para-hydroxylation sites is 1. The van der Waals surface area contributed by atoms with Crippen molar-refractivity contribution in [3.05, 3.63) is 60.2 Å². The predicted octanol–water partition coefficient (Wildman–Crippen LogP) is 3.14. The molecule has 2 aromatic carbocycles. The molecule has 1 heterocycles. The van der Waals surface area contributed by atoms with Gasteiger partial charge in [-0.05, 0) is 43.2 Å². The van der Waals surface area contributed by atoms with Crippen molar-refractivity contribution in [2.45, 2.75) is 19.8 Å². The molecule has 5 nitrogen and oxygen atoms in total. The molecule has 0 aliphatic carbocycles. The van der Waals surface area contributed by atoms with E-state index in [4.69, 9.17) is 4.74 Å². The fourth-order valence-corrected chi connectivity index (χ4v) is 3.50. The van der Waals surface area contributed by atoms with Crippen molar-refractivity contribution in [1.29, 1.82) is 0 Å². The van der Waals surface area contributed by atoms with Gasteiger partial charge in [0.25, 0.3) is 0 Å². The molecule has 1 atom stereocenters. The number of ether oxygens (including phenoxy) is 1. The van der Waals surface area contributed by atoms with Gasteiger partial charge < -0.3 is 14.5 Å². The zero-order valence-corrected chi connectivity index (χ0v) is 15.9. The third-order valence-electron chi connectivity index (χ3n) is 5.04. The molecule has 0 N–H and O–H groups in total. The smallest absolute Gasteiger partial charge is 0.232 e.